The molecule has 0 atom stereocenters. The van der Waals surface area contributed by atoms with Gasteiger partial charge in [0.2, 0.25) is 5.95 Å². The van der Waals surface area contributed by atoms with Crippen LogP contribution in [0.4, 0.5) is 5.95 Å². The van der Waals surface area contributed by atoms with Crippen LogP contribution in [0.3, 0.4) is 0 Å². The number of benzene rings is 2. The maximum atomic E-state index is 12.2. The van der Waals surface area contributed by atoms with Crippen LogP contribution in [0.1, 0.15) is 27.9 Å². The highest BCUT2D eigenvalue weighted by Crippen LogP contribution is 2.14. The van der Waals surface area contributed by atoms with Gasteiger partial charge in [0.1, 0.15) is 0 Å². The number of aromatic nitrogens is 2. The Labute approximate surface area is 163 Å². The molecule has 0 bridgehead atoms. The standard InChI is InChI=1S/C21H21ClN4O/c22-19-11-5-4-10-17(19)13-24-20(27)18-14-25-21(26-15-18)23-12-6-9-16-7-2-1-3-8-16/h1-5,7-8,10-11,14-15H,6,9,12-13H2,(H,24,27)(H,23,25,26). The topological polar surface area (TPSA) is 66.9 Å². The minimum absolute atomic E-state index is 0.231. The van der Waals surface area contributed by atoms with E-state index in [-0.39, 0.29) is 5.91 Å². The predicted octanol–water partition coefficient (Wildman–Crippen LogP) is 4.10. The van der Waals surface area contributed by atoms with Crippen molar-refractivity contribution < 1.29 is 4.79 Å². The zero-order valence-corrected chi connectivity index (χ0v) is 15.6. The van der Waals surface area contributed by atoms with Gasteiger partial charge in [-0.05, 0) is 30.0 Å². The number of anilines is 1. The lowest BCUT2D eigenvalue weighted by Crippen LogP contribution is -2.23. The number of hydrogen-bond acceptors (Lipinski definition) is 4. The monoisotopic (exact) mass is 380 g/mol. The first-order chi connectivity index (χ1) is 13.2. The SMILES string of the molecule is O=C(NCc1ccccc1Cl)c1cnc(NCCCc2ccccc2)nc1. The normalized spacial score (nSPS) is 10.4. The van der Waals surface area contributed by atoms with Crippen LogP contribution in [-0.2, 0) is 13.0 Å². The second-order valence-corrected chi connectivity index (χ2v) is 6.49. The Kier molecular flexibility index (Phi) is 6.77. The number of nitrogens with zero attached hydrogens (tertiary/aromatic N) is 2. The molecule has 27 heavy (non-hydrogen) atoms. The minimum Gasteiger partial charge on any atom is -0.354 e. The van der Waals surface area contributed by atoms with Gasteiger partial charge in [-0.15, -0.1) is 0 Å². The largest absolute Gasteiger partial charge is 0.354 e. The maximum absolute atomic E-state index is 12.2. The average Bonchev–Trinajstić information content (AvgIpc) is 2.72. The second-order valence-electron chi connectivity index (χ2n) is 6.09. The van der Waals surface area contributed by atoms with Crippen LogP contribution in [0.25, 0.3) is 0 Å². The Morgan fingerprint density at radius 3 is 2.41 bits per heavy atom. The van der Waals surface area contributed by atoms with E-state index in [0.717, 1.165) is 24.9 Å². The smallest absolute Gasteiger partial charge is 0.254 e. The Bertz CT molecular complexity index is 869. The van der Waals surface area contributed by atoms with Gasteiger partial charge >= 0.3 is 0 Å². The number of amides is 1. The third-order valence-corrected chi connectivity index (χ3v) is 4.45. The molecular weight excluding hydrogens is 360 g/mol. The van der Waals surface area contributed by atoms with E-state index < -0.39 is 0 Å². The molecule has 1 aromatic heterocycles. The third-order valence-electron chi connectivity index (χ3n) is 4.08. The van der Waals surface area contributed by atoms with Crippen molar-refractivity contribution in [2.45, 2.75) is 19.4 Å². The zero-order chi connectivity index (χ0) is 18.9. The molecule has 1 heterocycles. The van der Waals surface area contributed by atoms with Gasteiger partial charge < -0.3 is 10.6 Å². The van der Waals surface area contributed by atoms with Crippen molar-refractivity contribution in [3.63, 3.8) is 0 Å². The molecule has 3 aromatic rings. The van der Waals surface area contributed by atoms with Crippen molar-refractivity contribution in [1.29, 1.82) is 0 Å². The number of hydrogen-bond donors (Lipinski definition) is 2. The van der Waals surface area contributed by atoms with Crippen molar-refractivity contribution in [3.05, 3.63) is 88.7 Å². The molecule has 5 nitrogen and oxygen atoms in total. The van der Waals surface area contributed by atoms with Gasteiger partial charge in [0.05, 0.1) is 5.56 Å². The summed E-state index contributed by atoms with van der Waals surface area (Å²) in [6, 6.07) is 17.7. The molecule has 0 fully saturated rings. The molecule has 0 unspecified atom stereocenters. The lowest BCUT2D eigenvalue weighted by molar-refractivity contribution is 0.0950. The highest BCUT2D eigenvalue weighted by molar-refractivity contribution is 6.31. The first-order valence-electron chi connectivity index (χ1n) is 8.84. The van der Waals surface area contributed by atoms with Gasteiger partial charge in [-0.2, -0.15) is 0 Å². The summed E-state index contributed by atoms with van der Waals surface area (Å²) in [7, 11) is 0. The zero-order valence-electron chi connectivity index (χ0n) is 14.9. The fraction of sp³-hybridized carbons (Fsp3) is 0.190. The third kappa shape index (κ3) is 5.79. The lowest BCUT2D eigenvalue weighted by Gasteiger charge is -2.08. The Morgan fingerprint density at radius 2 is 1.67 bits per heavy atom. The minimum atomic E-state index is -0.231. The number of carbonyl (C=O) groups excluding carboxylic acids is 1. The fourth-order valence-electron chi connectivity index (χ4n) is 2.59. The van der Waals surface area contributed by atoms with Crippen molar-refractivity contribution in [2.75, 3.05) is 11.9 Å². The van der Waals surface area contributed by atoms with Crippen LogP contribution in [-0.4, -0.2) is 22.4 Å². The summed E-state index contributed by atoms with van der Waals surface area (Å²) in [5.41, 5.74) is 2.59. The number of nitrogens with one attached hydrogen (secondary N) is 2. The number of halogens is 1. The molecule has 3 rings (SSSR count). The molecular formula is C21H21ClN4O. The summed E-state index contributed by atoms with van der Waals surface area (Å²) in [5, 5.41) is 6.63. The fourth-order valence-corrected chi connectivity index (χ4v) is 2.80. The quantitative estimate of drug-likeness (QED) is 0.577. The second kappa shape index (κ2) is 9.69. The molecule has 1 amide bonds. The van der Waals surface area contributed by atoms with Gasteiger partial charge in [0.25, 0.3) is 5.91 Å². The van der Waals surface area contributed by atoms with E-state index in [1.807, 2.05) is 36.4 Å². The first-order valence-corrected chi connectivity index (χ1v) is 9.21. The van der Waals surface area contributed by atoms with E-state index in [1.54, 1.807) is 6.07 Å². The van der Waals surface area contributed by atoms with Crippen LogP contribution >= 0.6 is 11.6 Å². The number of carbonyl (C=O) groups is 1. The van der Waals surface area contributed by atoms with E-state index in [1.165, 1.54) is 18.0 Å². The molecule has 0 spiro atoms. The van der Waals surface area contributed by atoms with Gasteiger partial charge in [-0.3, -0.25) is 4.79 Å². The van der Waals surface area contributed by atoms with E-state index in [2.05, 4.69) is 32.7 Å². The van der Waals surface area contributed by atoms with E-state index in [4.69, 9.17) is 11.6 Å². The van der Waals surface area contributed by atoms with Crippen molar-refractivity contribution in [2.24, 2.45) is 0 Å². The Hall–Kier alpha value is -2.92. The van der Waals surface area contributed by atoms with Crippen LogP contribution < -0.4 is 10.6 Å². The number of rotatable bonds is 8. The average molecular weight is 381 g/mol. The van der Waals surface area contributed by atoms with Gasteiger partial charge in [-0.1, -0.05) is 60.1 Å². The van der Waals surface area contributed by atoms with E-state index >= 15 is 0 Å². The van der Waals surface area contributed by atoms with Crippen molar-refractivity contribution in [1.82, 2.24) is 15.3 Å². The van der Waals surface area contributed by atoms with E-state index in [9.17, 15) is 4.79 Å². The number of aryl methyl sites for hydroxylation is 1. The summed E-state index contributed by atoms with van der Waals surface area (Å²) in [5.74, 6) is 0.288. The summed E-state index contributed by atoms with van der Waals surface area (Å²) in [4.78, 5) is 20.6. The molecule has 0 aliphatic carbocycles. The lowest BCUT2D eigenvalue weighted by atomic mass is 10.1. The highest BCUT2D eigenvalue weighted by Gasteiger charge is 2.08. The molecule has 2 aromatic carbocycles. The molecule has 0 saturated heterocycles. The molecule has 2 N–H and O–H groups in total. The predicted molar refractivity (Wildman–Crippen MR) is 108 cm³/mol. The maximum Gasteiger partial charge on any atom is 0.254 e. The molecule has 0 aliphatic rings. The molecule has 138 valence electrons. The van der Waals surface area contributed by atoms with Crippen LogP contribution in [0, 0.1) is 0 Å². The van der Waals surface area contributed by atoms with Gasteiger partial charge in [0, 0.05) is 30.5 Å². The molecule has 0 saturated carbocycles. The summed E-state index contributed by atoms with van der Waals surface area (Å²) >= 11 is 6.09. The molecule has 0 radical (unpaired) electrons. The summed E-state index contributed by atoms with van der Waals surface area (Å²) in [6.45, 7) is 1.13. The Morgan fingerprint density at radius 1 is 0.963 bits per heavy atom. The Balaban J connectivity index is 1.43. The van der Waals surface area contributed by atoms with Crippen LogP contribution in [0.2, 0.25) is 5.02 Å². The van der Waals surface area contributed by atoms with Crippen LogP contribution in [0.15, 0.2) is 67.0 Å². The van der Waals surface area contributed by atoms with Crippen molar-refractivity contribution >= 4 is 23.5 Å². The molecule has 0 aliphatic heterocycles. The van der Waals surface area contributed by atoms with E-state index in [0.29, 0.717) is 23.1 Å². The molecule has 6 heteroatoms. The summed E-state index contributed by atoms with van der Waals surface area (Å²) in [6.07, 6.45) is 5.02. The van der Waals surface area contributed by atoms with Gasteiger partial charge in [0.15, 0.2) is 0 Å². The van der Waals surface area contributed by atoms with Crippen LogP contribution in [0.5, 0.6) is 0 Å². The van der Waals surface area contributed by atoms with Crippen molar-refractivity contribution in [3.8, 4) is 0 Å². The van der Waals surface area contributed by atoms with Gasteiger partial charge in [-0.25, -0.2) is 9.97 Å². The summed E-state index contributed by atoms with van der Waals surface area (Å²) < 4.78 is 0. The highest BCUT2D eigenvalue weighted by atomic mass is 35.5. The first kappa shape index (κ1) is 18.9.